The van der Waals surface area contributed by atoms with Crippen molar-refractivity contribution in [2.24, 2.45) is 10.8 Å². The molecule has 2 aromatic rings. The summed E-state index contributed by atoms with van der Waals surface area (Å²) in [5.41, 5.74) is -1.16. The minimum absolute atomic E-state index is 0.103. The Hall–Kier alpha value is -1.94. The van der Waals surface area contributed by atoms with Crippen LogP contribution in [-0.2, 0) is 19.1 Å². The van der Waals surface area contributed by atoms with Crippen molar-refractivity contribution in [3.63, 3.8) is 0 Å². The van der Waals surface area contributed by atoms with Gasteiger partial charge in [0.15, 0.2) is 11.5 Å². The molecule has 0 radical (unpaired) electrons. The molecule has 226 valence electrons. The predicted octanol–water partition coefficient (Wildman–Crippen LogP) is 8.81. The van der Waals surface area contributed by atoms with Gasteiger partial charge in [0.25, 0.3) is 0 Å². The van der Waals surface area contributed by atoms with Gasteiger partial charge in [-0.25, -0.2) is 19.2 Å². The number of esters is 4. The minimum Gasteiger partial charge on any atom is -0.461 e. The van der Waals surface area contributed by atoms with E-state index in [9.17, 15) is 19.2 Å². The van der Waals surface area contributed by atoms with E-state index in [2.05, 4.69) is 0 Å². The Morgan fingerprint density at radius 2 is 0.952 bits per heavy atom. The van der Waals surface area contributed by atoms with Gasteiger partial charge < -0.3 is 18.9 Å². The second-order valence-corrected chi connectivity index (χ2v) is 12.7. The highest BCUT2D eigenvalue weighted by Crippen LogP contribution is 2.50. The van der Waals surface area contributed by atoms with Gasteiger partial charge in [-0.3, -0.25) is 0 Å². The molecule has 0 unspecified atom stereocenters. The van der Waals surface area contributed by atoms with Crippen molar-refractivity contribution in [3.05, 3.63) is 53.4 Å². The molecule has 0 bridgehead atoms. The van der Waals surface area contributed by atoms with Gasteiger partial charge in [-0.2, -0.15) is 0 Å². The van der Waals surface area contributed by atoms with Crippen molar-refractivity contribution in [1.29, 1.82) is 0 Å². The van der Waals surface area contributed by atoms with Gasteiger partial charge in [-0.1, -0.05) is 83.5 Å². The monoisotopic (exact) mass is 698 g/mol. The van der Waals surface area contributed by atoms with E-state index in [-0.39, 0.29) is 54.2 Å². The number of hydrogen-bond donors (Lipinski definition) is 0. The molecule has 2 aliphatic carbocycles. The first-order chi connectivity index (χ1) is 19.8. The standard InChI is InChI=1S/C28H24Cl6O8/c1-3-27(5-6-27)11-39-23(35)17-19(33)13(29)9-15(31)21(17)41-25(37)26(38)42-22-16(32)10-14(30)20(34)18(22)24(36)40-12-28(4-2)7-8-28/h9-10H,3-8,11-12H2,1-2H3. The molecule has 0 amide bonds. The summed E-state index contributed by atoms with van der Waals surface area (Å²) in [7, 11) is 0. The number of rotatable bonds is 10. The van der Waals surface area contributed by atoms with Crippen molar-refractivity contribution >= 4 is 93.5 Å². The van der Waals surface area contributed by atoms with Crippen molar-refractivity contribution in [1.82, 2.24) is 0 Å². The number of benzene rings is 2. The summed E-state index contributed by atoms with van der Waals surface area (Å²) in [5.74, 6) is -6.35. The highest BCUT2D eigenvalue weighted by atomic mass is 35.5. The van der Waals surface area contributed by atoms with E-state index < -0.39 is 46.5 Å². The van der Waals surface area contributed by atoms with Crippen molar-refractivity contribution < 1.29 is 38.1 Å². The summed E-state index contributed by atoms with van der Waals surface area (Å²) in [6.45, 7) is 4.16. The Morgan fingerprint density at radius 3 is 1.24 bits per heavy atom. The lowest BCUT2D eigenvalue weighted by Crippen LogP contribution is -2.28. The van der Waals surface area contributed by atoms with Gasteiger partial charge in [0, 0.05) is 10.8 Å². The van der Waals surface area contributed by atoms with Crippen LogP contribution < -0.4 is 9.47 Å². The highest BCUT2D eigenvalue weighted by molar-refractivity contribution is 6.47. The fourth-order valence-electron chi connectivity index (χ4n) is 4.13. The van der Waals surface area contributed by atoms with Gasteiger partial charge in [0.05, 0.1) is 43.3 Å². The zero-order valence-corrected chi connectivity index (χ0v) is 26.9. The third-order valence-corrected chi connectivity index (χ3v) is 9.79. The molecule has 2 aliphatic rings. The van der Waals surface area contributed by atoms with Crippen molar-refractivity contribution in [2.75, 3.05) is 13.2 Å². The van der Waals surface area contributed by atoms with Crippen LogP contribution in [0.4, 0.5) is 0 Å². The predicted molar refractivity (Wildman–Crippen MR) is 159 cm³/mol. The summed E-state index contributed by atoms with van der Waals surface area (Å²) >= 11 is 37.1. The average molecular weight is 701 g/mol. The molecule has 2 saturated carbocycles. The summed E-state index contributed by atoms with van der Waals surface area (Å²) in [6.07, 6.45) is 5.15. The molecule has 0 aliphatic heterocycles. The van der Waals surface area contributed by atoms with Crippen LogP contribution in [0.1, 0.15) is 73.1 Å². The van der Waals surface area contributed by atoms with Crippen molar-refractivity contribution in [3.8, 4) is 11.5 Å². The Balaban J connectivity index is 1.56. The molecule has 42 heavy (non-hydrogen) atoms. The number of ether oxygens (including phenoxy) is 4. The maximum atomic E-state index is 13.0. The average Bonchev–Trinajstić information content (AvgIpc) is 3.88. The maximum Gasteiger partial charge on any atom is 0.423 e. The largest absolute Gasteiger partial charge is 0.461 e. The first kappa shape index (κ1) is 33.0. The van der Waals surface area contributed by atoms with E-state index in [4.69, 9.17) is 88.6 Å². The molecule has 0 spiro atoms. The molecule has 4 rings (SSSR count). The quantitative estimate of drug-likeness (QED) is 0.105. The summed E-state index contributed by atoms with van der Waals surface area (Å²) < 4.78 is 21.1. The third-order valence-electron chi connectivity index (χ3n) is 7.65. The fraction of sp³-hybridized carbons (Fsp3) is 0.429. The van der Waals surface area contributed by atoms with Gasteiger partial charge in [-0.15, -0.1) is 0 Å². The zero-order valence-electron chi connectivity index (χ0n) is 22.3. The molecule has 0 aromatic heterocycles. The summed E-state index contributed by atoms with van der Waals surface area (Å²) in [6, 6.07) is 2.24. The maximum absolute atomic E-state index is 13.0. The normalized spacial score (nSPS) is 15.9. The molecule has 0 heterocycles. The van der Waals surface area contributed by atoms with Crippen LogP contribution >= 0.6 is 69.6 Å². The SMILES string of the molecule is CCC1(COC(=O)c2c(Cl)c(Cl)cc(Cl)c2OC(=O)C(=O)Oc2c(Cl)cc(Cl)c(Cl)c2C(=O)OCC2(CC)CC2)CC1. The molecular weight excluding hydrogens is 677 g/mol. The lowest BCUT2D eigenvalue weighted by Gasteiger charge is -2.17. The highest BCUT2D eigenvalue weighted by Gasteiger charge is 2.43. The zero-order chi connectivity index (χ0) is 31.0. The molecule has 14 heteroatoms. The van der Waals surface area contributed by atoms with Crippen LogP contribution in [0.25, 0.3) is 0 Å². The number of hydrogen-bond acceptors (Lipinski definition) is 8. The molecule has 0 saturated heterocycles. The lowest BCUT2D eigenvalue weighted by molar-refractivity contribution is -0.156. The van der Waals surface area contributed by atoms with Crippen molar-refractivity contribution in [2.45, 2.75) is 52.4 Å². The summed E-state index contributed by atoms with van der Waals surface area (Å²) in [4.78, 5) is 51.7. The van der Waals surface area contributed by atoms with Crippen LogP contribution in [0.2, 0.25) is 30.1 Å². The molecule has 8 nitrogen and oxygen atoms in total. The van der Waals surface area contributed by atoms with Gasteiger partial charge in [0.1, 0.15) is 11.1 Å². The van der Waals surface area contributed by atoms with E-state index in [1.165, 1.54) is 0 Å². The Morgan fingerprint density at radius 1 is 0.619 bits per heavy atom. The van der Waals surface area contributed by atoms with Gasteiger partial charge in [-0.05, 0) is 50.7 Å². The van der Waals surface area contributed by atoms with Crippen LogP contribution in [0.3, 0.4) is 0 Å². The second-order valence-electron chi connectivity index (χ2n) is 10.4. The first-order valence-corrected chi connectivity index (χ1v) is 15.2. The number of halogens is 6. The topological polar surface area (TPSA) is 105 Å². The number of carbonyl (C=O) groups excluding carboxylic acids is 4. The third kappa shape index (κ3) is 7.06. The van der Waals surface area contributed by atoms with Gasteiger partial charge >= 0.3 is 23.9 Å². The van der Waals surface area contributed by atoms with E-state index in [1.807, 2.05) is 13.8 Å². The second kappa shape index (κ2) is 13.0. The Labute approximate surface area is 271 Å². The Bertz CT molecular complexity index is 1360. The molecular formula is C28H24Cl6O8. The van der Waals surface area contributed by atoms with E-state index in [0.717, 1.165) is 50.7 Å². The fourth-order valence-corrected chi connectivity index (χ4v) is 5.56. The summed E-state index contributed by atoms with van der Waals surface area (Å²) in [5, 5.41) is -1.46. The number of carbonyl (C=O) groups is 4. The van der Waals surface area contributed by atoms with Crippen LogP contribution in [-0.4, -0.2) is 37.1 Å². The Kier molecular flexibility index (Phi) is 10.2. The van der Waals surface area contributed by atoms with Crippen LogP contribution in [0.15, 0.2) is 12.1 Å². The molecule has 0 atom stereocenters. The molecule has 0 N–H and O–H groups in total. The van der Waals surface area contributed by atoms with E-state index in [1.54, 1.807) is 0 Å². The van der Waals surface area contributed by atoms with E-state index in [0.29, 0.717) is 0 Å². The van der Waals surface area contributed by atoms with Crippen LogP contribution in [0, 0.1) is 10.8 Å². The smallest absolute Gasteiger partial charge is 0.423 e. The lowest BCUT2D eigenvalue weighted by atomic mass is 10.1. The minimum atomic E-state index is -1.64. The molecule has 2 aromatic carbocycles. The molecule has 2 fully saturated rings. The first-order valence-electron chi connectivity index (χ1n) is 12.9. The van der Waals surface area contributed by atoms with E-state index >= 15 is 0 Å². The van der Waals surface area contributed by atoms with Crippen LogP contribution in [0.5, 0.6) is 11.5 Å². The van der Waals surface area contributed by atoms with Gasteiger partial charge in [0.2, 0.25) is 0 Å².